The smallest absolute Gasteiger partial charge is 0.237 e. The van der Waals surface area contributed by atoms with Crippen molar-refractivity contribution < 1.29 is 4.79 Å². The topological polar surface area (TPSA) is 41.1 Å². The van der Waals surface area contributed by atoms with Crippen molar-refractivity contribution in [1.29, 1.82) is 0 Å². The zero-order valence-electron chi connectivity index (χ0n) is 11.9. The predicted molar refractivity (Wildman–Crippen MR) is 85.4 cm³/mol. The van der Waals surface area contributed by atoms with Gasteiger partial charge in [-0.1, -0.05) is 12.8 Å². The average Bonchev–Trinajstić information content (AvgIpc) is 3.01. The van der Waals surface area contributed by atoms with Crippen LogP contribution in [0.2, 0.25) is 0 Å². The molecule has 3 nitrogen and oxygen atoms in total. The summed E-state index contributed by atoms with van der Waals surface area (Å²) in [6, 6.07) is 4.83. The van der Waals surface area contributed by atoms with Gasteiger partial charge in [0, 0.05) is 15.8 Å². The largest absolute Gasteiger partial charge is 0.350 e. The molecule has 0 aromatic carbocycles. The van der Waals surface area contributed by atoms with E-state index in [1.54, 1.807) is 11.3 Å². The van der Waals surface area contributed by atoms with Crippen LogP contribution in [0.3, 0.4) is 0 Å². The van der Waals surface area contributed by atoms with Gasteiger partial charge in [0.1, 0.15) is 0 Å². The van der Waals surface area contributed by atoms with Gasteiger partial charge in [0.2, 0.25) is 5.91 Å². The molecule has 0 bridgehead atoms. The summed E-state index contributed by atoms with van der Waals surface area (Å²) in [4.78, 5) is 14.7. The molecule has 1 amide bonds. The molecule has 0 radical (unpaired) electrons. The molecular weight excluding hydrogens is 292 g/mol. The van der Waals surface area contributed by atoms with Gasteiger partial charge in [0.15, 0.2) is 0 Å². The summed E-state index contributed by atoms with van der Waals surface area (Å²) in [5.41, 5.74) is 0. The lowest BCUT2D eigenvalue weighted by Gasteiger charge is -2.24. The minimum Gasteiger partial charge on any atom is -0.350 e. The van der Waals surface area contributed by atoms with Crippen LogP contribution in [0.1, 0.15) is 41.9 Å². The van der Waals surface area contributed by atoms with Gasteiger partial charge in [0.25, 0.3) is 0 Å². The highest BCUT2D eigenvalue weighted by molar-refractivity contribution is 7.11. The van der Waals surface area contributed by atoms with E-state index in [0.717, 1.165) is 12.3 Å². The number of hydrogen-bond acceptors (Lipinski definition) is 3. The van der Waals surface area contributed by atoms with Crippen molar-refractivity contribution in [1.82, 2.24) is 10.6 Å². The molecule has 1 aromatic rings. The molecular formula is C15H23ClN2OS. The standard InChI is InChI=1S/C15H22N2OS.ClH/c1-10-6-7-12(19-10)9-16-15(18)14-8-11-4-2-3-5-13(11)17-14;/h6-7,11,13-14,17H,2-5,8-9H2,1H3,(H,16,18);1H. The third kappa shape index (κ3) is 3.54. The van der Waals surface area contributed by atoms with Crippen molar-refractivity contribution in [3.63, 3.8) is 0 Å². The highest BCUT2D eigenvalue weighted by Crippen LogP contribution is 2.33. The number of rotatable bonds is 3. The van der Waals surface area contributed by atoms with E-state index < -0.39 is 0 Å². The second-order valence-corrected chi connectivity index (χ2v) is 7.21. The lowest BCUT2D eigenvalue weighted by atomic mass is 9.85. The van der Waals surface area contributed by atoms with E-state index in [2.05, 4.69) is 29.7 Å². The normalized spacial score (nSPS) is 28.6. The maximum absolute atomic E-state index is 12.2. The molecule has 20 heavy (non-hydrogen) atoms. The fourth-order valence-corrected chi connectivity index (χ4v) is 4.23. The molecule has 1 aliphatic heterocycles. The first-order valence-corrected chi connectivity index (χ1v) is 8.13. The van der Waals surface area contributed by atoms with Crippen molar-refractivity contribution >= 4 is 29.7 Å². The average molecular weight is 315 g/mol. The Balaban J connectivity index is 0.00000147. The Labute approximate surface area is 130 Å². The third-order valence-electron chi connectivity index (χ3n) is 4.41. The molecule has 1 saturated heterocycles. The quantitative estimate of drug-likeness (QED) is 0.900. The van der Waals surface area contributed by atoms with Crippen LogP contribution in [0.4, 0.5) is 0 Å². The van der Waals surface area contributed by atoms with E-state index in [0.29, 0.717) is 12.6 Å². The summed E-state index contributed by atoms with van der Waals surface area (Å²) in [5, 5.41) is 6.60. The van der Waals surface area contributed by atoms with Crippen molar-refractivity contribution in [3.8, 4) is 0 Å². The lowest BCUT2D eigenvalue weighted by Crippen LogP contribution is -2.42. The van der Waals surface area contributed by atoms with Gasteiger partial charge in [-0.25, -0.2) is 0 Å². The van der Waals surface area contributed by atoms with Crippen LogP contribution < -0.4 is 10.6 Å². The van der Waals surface area contributed by atoms with Crippen LogP contribution in [0.5, 0.6) is 0 Å². The first kappa shape index (κ1) is 15.8. The molecule has 1 saturated carbocycles. The minimum absolute atomic E-state index is 0. The van der Waals surface area contributed by atoms with Crippen LogP contribution >= 0.6 is 23.7 Å². The molecule has 0 spiro atoms. The van der Waals surface area contributed by atoms with Gasteiger partial charge >= 0.3 is 0 Å². The number of hydrogen-bond donors (Lipinski definition) is 2. The Morgan fingerprint density at radius 2 is 2.20 bits per heavy atom. The van der Waals surface area contributed by atoms with E-state index in [1.807, 2.05) is 0 Å². The number of carbonyl (C=O) groups excluding carboxylic acids is 1. The molecule has 5 heteroatoms. The summed E-state index contributed by atoms with van der Waals surface area (Å²) in [6.07, 6.45) is 6.23. The van der Waals surface area contributed by atoms with Crippen LogP contribution in [-0.4, -0.2) is 18.0 Å². The number of amides is 1. The fraction of sp³-hybridized carbons (Fsp3) is 0.667. The molecule has 3 atom stereocenters. The summed E-state index contributed by atoms with van der Waals surface area (Å²) < 4.78 is 0. The number of halogens is 1. The van der Waals surface area contributed by atoms with E-state index in [9.17, 15) is 4.79 Å². The van der Waals surface area contributed by atoms with Gasteiger partial charge < -0.3 is 10.6 Å². The first-order chi connectivity index (χ1) is 9.22. The van der Waals surface area contributed by atoms with Crippen molar-refractivity contribution in [3.05, 3.63) is 21.9 Å². The molecule has 112 valence electrons. The Kier molecular flexibility index (Phi) is 5.47. The second-order valence-electron chi connectivity index (χ2n) is 5.84. The van der Waals surface area contributed by atoms with Crippen molar-refractivity contribution in [2.45, 2.75) is 57.7 Å². The number of fused-ring (bicyclic) bond motifs is 1. The highest BCUT2D eigenvalue weighted by Gasteiger charge is 2.37. The van der Waals surface area contributed by atoms with Gasteiger partial charge in [-0.05, 0) is 44.2 Å². The molecule has 2 fully saturated rings. The monoisotopic (exact) mass is 314 g/mol. The molecule has 1 aromatic heterocycles. The maximum atomic E-state index is 12.2. The SMILES string of the molecule is Cc1ccc(CNC(=O)C2CC3CCCCC3N2)s1.Cl. The Morgan fingerprint density at radius 1 is 1.40 bits per heavy atom. The number of thiophene rings is 1. The highest BCUT2D eigenvalue weighted by atomic mass is 35.5. The third-order valence-corrected chi connectivity index (χ3v) is 5.41. The van der Waals surface area contributed by atoms with Gasteiger partial charge in [-0.15, -0.1) is 23.7 Å². The number of carbonyl (C=O) groups is 1. The predicted octanol–water partition coefficient (Wildman–Crippen LogP) is 3.02. The van der Waals surface area contributed by atoms with Crippen LogP contribution in [0.15, 0.2) is 12.1 Å². The lowest BCUT2D eigenvalue weighted by molar-refractivity contribution is -0.123. The van der Waals surface area contributed by atoms with Crippen molar-refractivity contribution in [2.75, 3.05) is 0 Å². The van der Waals surface area contributed by atoms with Crippen LogP contribution in [-0.2, 0) is 11.3 Å². The molecule has 2 N–H and O–H groups in total. The van der Waals surface area contributed by atoms with Gasteiger partial charge in [-0.2, -0.15) is 0 Å². The Hall–Kier alpha value is -0.580. The zero-order valence-corrected chi connectivity index (χ0v) is 13.5. The molecule has 1 aliphatic carbocycles. The van der Waals surface area contributed by atoms with E-state index >= 15 is 0 Å². The number of aryl methyl sites for hydroxylation is 1. The second kappa shape index (κ2) is 6.92. The molecule has 2 heterocycles. The van der Waals surface area contributed by atoms with Crippen LogP contribution in [0, 0.1) is 12.8 Å². The van der Waals surface area contributed by atoms with Crippen molar-refractivity contribution in [2.24, 2.45) is 5.92 Å². The molecule has 3 rings (SSSR count). The fourth-order valence-electron chi connectivity index (χ4n) is 3.40. The van der Waals surface area contributed by atoms with Crippen LogP contribution in [0.25, 0.3) is 0 Å². The van der Waals surface area contributed by atoms with E-state index in [4.69, 9.17) is 0 Å². The Morgan fingerprint density at radius 3 is 2.90 bits per heavy atom. The van der Waals surface area contributed by atoms with Gasteiger partial charge in [-0.3, -0.25) is 4.79 Å². The molecule has 2 aliphatic rings. The summed E-state index contributed by atoms with van der Waals surface area (Å²) in [7, 11) is 0. The van der Waals surface area contributed by atoms with Gasteiger partial charge in [0.05, 0.1) is 12.6 Å². The molecule has 3 unspecified atom stereocenters. The first-order valence-electron chi connectivity index (χ1n) is 7.31. The Bertz CT molecular complexity index is 448. The maximum Gasteiger partial charge on any atom is 0.237 e. The summed E-state index contributed by atoms with van der Waals surface area (Å²) in [6.45, 7) is 2.77. The zero-order chi connectivity index (χ0) is 13.2. The van der Waals surface area contributed by atoms with E-state index in [1.165, 1.54) is 35.4 Å². The summed E-state index contributed by atoms with van der Waals surface area (Å²) >= 11 is 1.76. The minimum atomic E-state index is 0. The van der Waals surface area contributed by atoms with E-state index in [-0.39, 0.29) is 24.4 Å². The summed E-state index contributed by atoms with van der Waals surface area (Å²) in [5.74, 6) is 0.911. The number of nitrogens with one attached hydrogen (secondary N) is 2.